The highest BCUT2D eigenvalue weighted by Gasteiger charge is 2.21. The van der Waals surface area contributed by atoms with Crippen LogP contribution < -0.4 is 0 Å². The predicted octanol–water partition coefficient (Wildman–Crippen LogP) is 12.6. The molecule has 0 N–H and O–H groups in total. The maximum Gasteiger partial charge on any atom is 0.136 e. The zero-order chi connectivity index (χ0) is 34.1. The van der Waals surface area contributed by atoms with E-state index >= 15 is 0 Å². The van der Waals surface area contributed by atoms with Crippen LogP contribution in [0.5, 0.6) is 0 Å². The molecule has 1 heteroatoms. The largest absolute Gasteiger partial charge is 0.456 e. The van der Waals surface area contributed by atoms with Gasteiger partial charge in [0.25, 0.3) is 0 Å². The Morgan fingerprint density at radius 3 is 1.67 bits per heavy atom. The number of rotatable bonds is 4. The van der Waals surface area contributed by atoms with Crippen LogP contribution in [-0.4, -0.2) is 0 Å². The summed E-state index contributed by atoms with van der Waals surface area (Å²) in [6.45, 7) is 0. The Labute approximate surface area is 268 Å². The van der Waals surface area contributed by atoms with Gasteiger partial charge in [-0.05, 0) is 90.3 Å². The lowest BCUT2D eigenvalue weighted by atomic mass is 9.83. The van der Waals surface area contributed by atoms with Crippen molar-refractivity contribution in [3.05, 3.63) is 170 Å². The van der Waals surface area contributed by atoms with Crippen LogP contribution in [0.3, 0.4) is 0 Å². The molecule has 0 saturated carbocycles. The maximum atomic E-state index is 8.64. The fraction of sp³-hybridized carbons (Fsp3) is 0. The lowest BCUT2D eigenvalue weighted by Crippen LogP contribution is -1.92. The minimum atomic E-state index is -0.400. The van der Waals surface area contributed by atoms with Crippen molar-refractivity contribution in [2.45, 2.75) is 0 Å². The van der Waals surface area contributed by atoms with Gasteiger partial charge in [0.15, 0.2) is 0 Å². The van der Waals surface area contributed by atoms with Gasteiger partial charge in [-0.3, -0.25) is 0 Å². The first-order valence-electron chi connectivity index (χ1n) is 17.5. The minimum Gasteiger partial charge on any atom is -0.456 e. The van der Waals surface area contributed by atoms with Gasteiger partial charge in [0.2, 0.25) is 0 Å². The molecular weight excluding hydrogens is 544 g/mol. The summed E-state index contributed by atoms with van der Waals surface area (Å²) in [7, 11) is 0. The Bertz CT molecular complexity index is 2730. The van der Waals surface area contributed by atoms with Crippen molar-refractivity contribution in [2.75, 3.05) is 0 Å². The van der Waals surface area contributed by atoms with Gasteiger partial charge in [-0.2, -0.15) is 0 Å². The summed E-state index contributed by atoms with van der Waals surface area (Å²) in [5.74, 6) is 0. The van der Waals surface area contributed by atoms with Gasteiger partial charge in [-0.15, -0.1) is 0 Å². The van der Waals surface area contributed by atoms with Crippen LogP contribution in [0.15, 0.2) is 174 Å². The molecule has 210 valence electrons. The molecule has 0 fully saturated rings. The van der Waals surface area contributed by atoms with Crippen molar-refractivity contribution in [1.29, 1.82) is 0 Å². The van der Waals surface area contributed by atoms with Crippen molar-refractivity contribution in [2.24, 2.45) is 0 Å². The second-order valence-corrected chi connectivity index (χ2v) is 11.3. The SMILES string of the molecule is [2H]c1c([2H])c([2H])c(-c2cccc(-c3c4ccccc4c(-c4cc(-c5ccccc5)cc5oc6ccccc6c45)c4ccccc34)c2)c([2H])c1[2H]. The molecule has 0 radical (unpaired) electrons. The average Bonchev–Trinajstić information content (AvgIpc) is 3.54. The fourth-order valence-corrected chi connectivity index (χ4v) is 6.80. The normalized spacial score (nSPS) is 13.1. The van der Waals surface area contributed by atoms with E-state index in [1.807, 2.05) is 60.7 Å². The number of benzene rings is 8. The van der Waals surface area contributed by atoms with E-state index in [2.05, 4.69) is 78.9 Å². The zero-order valence-corrected chi connectivity index (χ0v) is 24.2. The first-order chi connectivity index (χ1) is 24.4. The molecule has 0 atom stereocenters. The van der Waals surface area contributed by atoms with E-state index in [-0.39, 0.29) is 29.7 Å². The van der Waals surface area contributed by atoms with Gasteiger partial charge in [-0.1, -0.05) is 145 Å². The fourth-order valence-electron chi connectivity index (χ4n) is 6.80. The van der Waals surface area contributed by atoms with Gasteiger partial charge in [-0.25, -0.2) is 0 Å². The second kappa shape index (κ2) is 10.4. The molecule has 0 aliphatic carbocycles. The number of furan rings is 1. The first-order valence-corrected chi connectivity index (χ1v) is 15.0. The zero-order valence-electron chi connectivity index (χ0n) is 29.2. The van der Waals surface area contributed by atoms with Crippen LogP contribution in [0.4, 0.5) is 0 Å². The third-order valence-electron chi connectivity index (χ3n) is 8.73. The number of para-hydroxylation sites is 1. The molecule has 0 unspecified atom stereocenters. The van der Waals surface area contributed by atoms with Crippen LogP contribution in [-0.2, 0) is 0 Å². The quantitative estimate of drug-likeness (QED) is 0.190. The van der Waals surface area contributed by atoms with E-state index < -0.39 is 6.04 Å². The highest BCUT2D eigenvalue weighted by molar-refractivity contribution is 6.26. The van der Waals surface area contributed by atoms with Gasteiger partial charge >= 0.3 is 0 Å². The Balaban J connectivity index is 1.38. The molecule has 0 amide bonds. The summed E-state index contributed by atoms with van der Waals surface area (Å²) in [6, 6.07) is 46.0. The van der Waals surface area contributed by atoms with Crippen molar-refractivity contribution in [1.82, 2.24) is 0 Å². The third kappa shape index (κ3) is 4.17. The molecule has 1 nitrogen and oxygen atoms in total. The average molecular weight is 578 g/mol. The first kappa shape index (κ1) is 20.9. The molecule has 0 spiro atoms. The second-order valence-electron chi connectivity index (χ2n) is 11.3. The summed E-state index contributed by atoms with van der Waals surface area (Å²) < 4.78 is 48.5. The molecule has 1 heterocycles. The molecule has 45 heavy (non-hydrogen) atoms. The Morgan fingerprint density at radius 1 is 0.378 bits per heavy atom. The standard InChI is InChI=1S/C44H28O/c1-3-14-29(15-4-1)31-18-13-19-32(26-31)42-34-20-7-9-22-36(34)43(37-23-10-8-21-35(37)42)39-27-33(30-16-5-2-6-17-30)28-41-44(39)38-24-11-12-25-40(38)45-41/h1-28H/i1D,3D,4D,14D,15D. The molecule has 0 bridgehead atoms. The lowest BCUT2D eigenvalue weighted by Gasteiger charge is -2.19. The summed E-state index contributed by atoms with van der Waals surface area (Å²) in [5, 5.41) is 6.36. The van der Waals surface area contributed by atoms with Crippen molar-refractivity contribution in [3.8, 4) is 44.5 Å². The molecule has 9 rings (SSSR count). The smallest absolute Gasteiger partial charge is 0.136 e. The van der Waals surface area contributed by atoms with E-state index in [0.29, 0.717) is 5.56 Å². The van der Waals surface area contributed by atoms with Crippen LogP contribution in [0.2, 0.25) is 0 Å². The van der Waals surface area contributed by atoms with Gasteiger partial charge in [0, 0.05) is 10.8 Å². The van der Waals surface area contributed by atoms with Crippen molar-refractivity contribution < 1.29 is 11.3 Å². The monoisotopic (exact) mass is 577 g/mol. The maximum absolute atomic E-state index is 8.64. The van der Waals surface area contributed by atoms with Crippen molar-refractivity contribution >= 4 is 43.5 Å². The third-order valence-corrected chi connectivity index (χ3v) is 8.73. The molecule has 9 aromatic rings. The van der Waals surface area contributed by atoms with E-state index in [9.17, 15) is 0 Å². The lowest BCUT2D eigenvalue weighted by molar-refractivity contribution is 0.669. The summed E-state index contributed by atoms with van der Waals surface area (Å²) in [5.41, 5.74) is 8.69. The van der Waals surface area contributed by atoms with Gasteiger partial charge in [0.1, 0.15) is 11.2 Å². The molecule has 1 aromatic heterocycles. The highest BCUT2D eigenvalue weighted by Crippen LogP contribution is 2.48. The van der Waals surface area contributed by atoms with Crippen LogP contribution in [0.25, 0.3) is 88.0 Å². The summed E-state index contributed by atoms with van der Waals surface area (Å²) in [4.78, 5) is 0. The Hall–Kier alpha value is -5.92. The van der Waals surface area contributed by atoms with Crippen molar-refractivity contribution in [3.63, 3.8) is 0 Å². The van der Waals surface area contributed by atoms with E-state index in [1.54, 1.807) is 0 Å². The summed E-state index contributed by atoms with van der Waals surface area (Å²) in [6.07, 6.45) is 0. The van der Waals surface area contributed by atoms with E-state index in [0.717, 1.165) is 76.9 Å². The van der Waals surface area contributed by atoms with E-state index in [1.165, 1.54) is 0 Å². The molecule has 0 aliphatic heterocycles. The van der Waals surface area contributed by atoms with Crippen LogP contribution >= 0.6 is 0 Å². The molecule has 8 aromatic carbocycles. The van der Waals surface area contributed by atoms with Crippen LogP contribution in [0, 0.1) is 0 Å². The van der Waals surface area contributed by atoms with E-state index in [4.69, 9.17) is 11.3 Å². The van der Waals surface area contributed by atoms with Gasteiger partial charge in [0.05, 0.1) is 6.85 Å². The predicted molar refractivity (Wildman–Crippen MR) is 190 cm³/mol. The Morgan fingerprint density at radius 2 is 0.956 bits per heavy atom. The molecular formula is C44H28O. The highest BCUT2D eigenvalue weighted by atomic mass is 16.3. The molecule has 0 saturated heterocycles. The number of hydrogen-bond donors (Lipinski definition) is 0. The number of fused-ring (bicyclic) bond motifs is 5. The summed E-state index contributed by atoms with van der Waals surface area (Å²) >= 11 is 0. The topological polar surface area (TPSA) is 13.1 Å². The minimum absolute atomic E-state index is 0.190. The number of hydrogen-bond acceptors (Lipinski definition) is 1. The van der Waals surface area contributed by atoms with Gasteiger partial charge < -0.3 is 4.42 Å². The molecule has 0 aliphatic rings. The Kier molecular flexibility index (Phi) is 4.81. The van der Waals surface area contributed by atoms with Crippen LogP contribution in [0.1, 0.15) is 6.85 Å².